The first-order chi connectivity index (χ1) is 3.85. The van der Waals surface area contributed by atoms with Crippen molar-refractivity contribution in [1.29, 1.82) is 0 Å². The van der Waals surface area contributed by atoms with E-state index in [1.165, 1.54) is 0 Å². The van der Waals surface area contributed by atoms with E-state index in [0.29, 0.717) is 0 Å². The Hall–Kier alpha value is -0.0862. The van der Waals surface area contributed by atoms with E-state index < -0.39 is 9.28 Å². The smallest absolute Gasteiger partial charge is 0.391 e. The van der Waals surface area contributed by atoms with Gasteiger partial charge in [-0.25, -0.2) is 0 Å². The molecule has 0 radical (unpaired) electrons. The van der Waals surface area contributed by atoms with Gasteiger partial charge in [0.05, 0.1) is 10.2 Å². The first-order valence-corrected chi connectivity index (χ1v) is 4.85. The predicted molar refractivity (Wildman–Crippen MR) is 38.9 cm³/mol. The van der Waals surface area contributed by atoms with Gasteiger partial charge in [0.1, 0.15) is 0 Å². The minimum atomic E-state index is -1.52. The maximum Gasteiger partial charge on any atom is 0.406 e. The monoisotopic (exact) mass is 146 g/mol. The SMILES string of the molecule is CO[SiH](C#C[SiH3])OC. The summed E-state index contributed by atoms with van der Waals surface area (Å²) in [6, 6.07) is 0. The van der Waals surface area contributed by atoms with E-state index in [2.05, 4.69) is 11.1 Å². The fourth-order valence-electron chi connectivity index (χ4n) is 0.332. The van der Waals surface area contributed by atoms with Crippen LogP contribution >= 0.6 is 0 Å². The highest BCUT2D eigenvalue weighted by molar-refractivity contribution is 6.55. The fraction of sp³-hybridized carbons (Fsp3) is 0.500. The van der Waals surface area contributed by atoms with Crippen LogP contribution < -0.4 is 0 Å². The van der Waals surface area contributed by atoms with Gasteiger partial charge in [-0.2, -0.15) is 0 Å². The summed E-state index contributed by atoms with van der Waals surface area (Å²) in [6.07, 6.45) is 0. The minimum Gasteiger partial charge on any atom is -0.391 e. The van der Waals surface area contributed by atoms with Gasteiger partial charge < -0.3 is 8.85 Å². The summed E-state index contributed by atoms with van der Waals surface area (Å²) in [5.41, 5.74) is 5.76. The fourth-order valence-corrected chi connectivity index (χ4v) is 1.70. The van der Waals surface area contributed by atoms with E-state index in [1.807, 2.05) is 0 Å². The molecule has 0 atom stereocenters. The van der Waals surface area contributed by atoms with Crippen molar-refractivity contribution in [1.82, 2.24) is 0 Å². The molecular weight excluding hydrogens is 136 g/mol. The second-order valence-corrected chi connectivity index (χ2v) is 3.59. The third-order valence-electron chi connectivity index (χ3n) is 0.690. The van der Waals surface area contributed by atoms with Crippen molar-refractivity contribution in [3.05, 3.63) is 0 Å². The Morgan fingerprint density at radius 3 is 2.00 bits per heavy atom. The highest BCUT2D eigenvalue weighted by Crippen LogP contribution is 1.78. The third kappa shape index (κ3) is 2.99. The quantitative estimate of drug-likeness (QED) is 0.344. The summed E-state index contributed by atoms with van der Waals surface area (Å²) in [6.45, 7) is 0. The largest absolute Gasteiger partial charge is 0.406 e. The zero-order valence-corrected chi connectivity index (χ0v) is 8.55. The lowest BCUT2D eigenvalue weighted by Gasteiger charge is -1.99. The van der Waals surface area contributed by atoms with Crippen LogP contribution in [-0.2, 0) is 8.85 Å². The average Bonchev–Trinajstić information content (AvgIpc) is 1.83. The van der Waals surface area contributed by atoms with Gasteiger partial charge in [-0.1, -0.05) is 5.54 Å². The van der Waals surface area contributed by atoms with Crippen LogP contribution in [0.1, 0.15) is 0 Å². The van der Waals surface area contributed by atoms with Gasteiger partial charge in [0.15, 0.2) is 0 Å². The highest BCUT2D eigenvalue weighted by atomic mass is 28.3. The zero-order valence-electron chi connectivity index (χ0n) is 5.39. The minimum absolute atomic E-state index is 0.910. The van der Waals surface area contributed by atoms with Crippen LogP contribution in [0.15, 0.2) is 0 Å². The zero-order chi connectivity index (χ0) is 6.41. The standard InChI is InChI=1S/C4H10O2Si2/c1-5-8(6-2)4-3-7/h8H,1-2,7H3. The molecule has 0 unspecified atom stereocenters. The predicted octanol–water partition coefficient (Wildman–Crippen LogP) is -1.63. The molecule has 0 saturated heterocycles. The van der Waals surface area contributed by atoms with E-state index >= 15 is 0 Å². The van der Waals surface area contributed by atoms with Crippen LogP contribution in [0.5, 0.6) is 0 Å². The van der Waals surface area contributed by atoms with Crippen LogP contribution in [0.25, 0.3) is 0 Å². The Labute approximate surface area is 54.5 Å². The maximum absolute atomic E-state index is 4.91. The molecule has 0 aliphatic carbocycles. The van der Waals surface area contributed by atoms with Crippen molar-refractivity contribution in [2.45, 2.75) is 0 Å². The van der Waals surface area contributed by atoms with Crippen molar-refractivity contribution in [3.63, 3.8) is 0 Å². The molecule has 0 aliphatic rings. The normalized spacial score (nSPS) is 8.88. The Bertz CT molecular complexity index is 100. The van der Waals surface area contributed by atoms with Gasteiger partial charge in [0.2, 0.25) is 0 Å². The Kier molecular flexibility index (Phi) is 5.00. The maximum atomic E-state index is 4.91. The molecule has 0 N–H and O–H groups in total. The van der Waals surface area contributed by atoms with E-state index in [1.54, 1.807) is 14.2 Å². The number of hydrogen-bond acceptors (Lipinski definition) is 2. The topological polar surface area (TPSA) is 18.5 Å². The van der Waals surface area contributed by atoms with Gasteiger partial charge in [-0.15, -0.1) is 5.54 Å². The molecular formula is C4H10O2Si2. The van der Waals surface area contributed by atoms with Gasteiger partial charge in [0.25, 0.3) is 0 Å². The van der Waals surface area contributed by atoms with Crippen molar-refractivity contribution in [3.8, 4) is 11.1 Å². The molecule has 0 spiro atoms. The molecule has 2 nitrogen and oxygen atoms in total. The summed E-state index contributed by atoms with van der Waals surface area (Å²) in [5.74, 6) is 0. The first-order valence-electron chi connectivity index (χ1n) is 2.33. The second kappa shape index (κ2) is 5.06. The molecule has 0 aliphatic heterocycles. The molecule has 4 heteroatoms. The summed E-state index contributed by atoms with van der Waals surface area (Å²) in [7, 11) is 2.65. The van der Waals surface area contributed by atoms with Crippen molar-refractivity contribution < 1.29 is 8.85 Å². The molecule has 0 amide bonds. The molecule has 0 fully saturated rings. The molecule has 0 saturated carbocycles. The van der Waals surface area contributed by atoms with Crippen molar-refractivity contribution >= 4 is 19.5 Å². The van der Waals surface area contributed by atoms with Crippen molar-refractivity contribution in [2.24, 2.45) is 0 Å². The van der Waals surface area contributed by atoms with Gasteiger partial charge in [-0.3, -0.25) is 0 Å². The average molecular weight is 146 g/mol. The van der Waals surface area contributed by atoms with Crippen LogP contribution in [0, 0.1) is 11.1 Å². The molecule has 0 aromatic rings. The van der Waals surface area contributed by atoms with Crippen LogP contribution in [-0.4, -0.2) is 33.7 Å². The van der Waals surface area contributed by atoms with Crippen LogP contribution in [0.3, 0.4) is 0 Å². The van der Waals surface area contributed by atoms with Crippen LogP contribution in [0.4, 0.5) is 0 Å². The summed E-state index contributed by atoms with van der Waals surface area (Å²) < 4.78 is 9.81. The first kappa shape index (κ1) is 7.91. The Morgan fingerprint density at radius 1 is 1.38 bits per heavy atom. The highest BCUT2D eigenvalue weighted by Gasteiger charge is 2.00. The third-order valence-corrected chi connectivity index (χ3v) is 2.94. The molecule has 0 aromatic carbocycles. The van der Waals surface area contributed by atoms with Gasteiger partial charge in [-0.05, 0) is 0 Å². The van der Waals surface area contributed by atoms with E-state index in [4.69, 9.17) is 8.85 Å². The lowest BCUT2D eigenvalue weighted by Crippen LogP contribution is -2.16. The molecule has 0 rings (SSSR count). The Balaban J connectivity index is 3.47. The Morgan fingerprint density at radius 2 is 1.88 bits per heavy atom. The molecule has 8 heavy (non-hydrogen) atoms. The van der Waals surface area contributed by atoms with Gasteiger partial charge >= 0.3 is 9.28 Å². The lowest BCUT2D eigenvalue weighted by atomic mass is 11.4. The second-order valence-electron chi connectivity index (χ2n) is 1.20. The van der Waals surface area contributed by atoms with Crippen LogP contribution in [0.2, 0.25) is 0 Å². The number of rotatable bonds is 2. The van der Waals surface area contributed by atoms with E-state index in [-0.39, 0.29) is 0 Å². The van der Waals surface area contributed by atoms with Crippen molar-refractivity contribution in [2.75, 3.05) is 14.2 Å². The lowest BCUT2D eigenvalue weighted by molar-refractivity contribution is 0.293. The molecule has 0 bridgehead atoms. The van der Waals surface area contributed by atoms with E-state index in [0.717, 1.165) is 10.2 Å². The number of hydrogen-bond donors (Lipinski definition) is 0. The summed E-state index contributed by atoms with van der Waals surface area (Å²) in [4.78, 5) is 0. The molecule has 0 aromatic heterocycles. The summed E-state index contributed by atoms with van der Waals surface area (Å²) in [5, 5.41) is 0. The van der Waals surface area contributed by atoms with E-state index in [9.17, 15) is 0 Å². The molecule has 0 heterocycles. The molecule has 46 valence electrons. The summed E-state index contributed by atoms with van der Waals surface area (Å²) >= 11 is 0. The van der Waals surface area contributed by atoms with Gasteiger partial charge in [0, 0.05) is 14.2 Å².